The van der Waals surface area contributed by atoms with Crippen LogP contribution in [0.5, 0.6) is 0 Å². The summed E-state index contributed by atoms with van der Waals surface area (Å²) in [5.74, 6) is 1.99. The Bertz CT molecular complexity index is 337. The summed E-state index contributed by atoms with van der Waals surface area (Å²) in [5, 5.41) is 0.592. The Hall–Kier alpha value is -0.470. The van der Waals surface area contributed by atoms with Crippen molar-refractivity contribution in [2.24, 2.45) is 5.73 Å². The summed E-state index contributed by atoms with van der Waals surface area (Å²) in [5.41, 5.74) is 8.82. The van der Waals surface area contributed by atoms with Gasteiger partial charge in [-0.15, -0.1) is 0 Å². The van der Waals surface area contributed by atoms with Crippen LogP contribution in [0.15, 0.2) is 24.3 Å². The first-order chi connectivity index (χ1) is 7.81. The Morgan fingerprint density at radius 3 is 3.06 bits per heavy atom. The van der Waals surface area contributed by atoms with Crippen molar-refractivity contribution in [3.8, 4) is 0 Å². The molecule has 0 aromatic heterocycles. The topological polar surface area (TPSA) is 26.0 Å². The number of thioether (sulfide) groups is 1. The number of nitrogens with two attached hydrogens (primary N) is 1. The highest BCUT2D eigenvalue weighted by molar-refractivity contribution is 7.99. The van der Waals surface area contributed by atoms with Crippen molar-refractivity contribution in [2.75, 3.05) is 12.3 Å². The van der Waals surface area contributed by atoms with E-state index in [1.165, 1.54) is 25.0 Å². The summed E-state index contributed by atoms with van der Waals surface area (Å²) in [7, 11) is 0. The van der Waals surface area contributed by atoms with Gasteiger partial charge in [-0.1, -0.05) is 31.2 Å². The van der Waals surface area contributed by atoms with E-state index in [0.717, 1.165) is 12.5 Å². The first kappa shape index (κ1) is 12.0. The molecule has 0 saturated heterocycles. The highest BCUT2D eigenvalue weighted by atomic mass is 32.2. The minimum absolute atomic E-state index is 0.592. The van der Waals surface area contributed by atoms with Gasteiger partial charge in [0, 0.05) is 17.5 Å². The molecular formula is C14H21NS. The van der Waals surface area contributed by atoms with Crippen LogP contribution in [-0.2, 0) is 6.42 Å². The fourth-order valence-electron chi connectivity index (χ4n) is 2.38. The molecule has 2 heteroatoms. The van der Waals surface area contributed by atoms with Gasteiger partial charge >= 0.3 is 0 Å². The third kappa shape index (κ3) is 2.80. The van der Waals surface area contributed by atoms with Crippen LogP contribution in [0.3, 0.4) is 0 Å². The third-order valence-corrected chi connectivity index (χ3v) is 4.76. The molecule has 0 fully saturated rings. The predicted molar refractivity (Wildman–Crippen MR) is 73.1 cm³/mol. The molecule has 0 aliphatic heterocycles. The molecule has 2 rings (SSSR count). The fourth-order valence-corrected chi connectivity index (χ4v) is 3.42. The van der Waals surface area contributed by atoms with Crippen molar-refractivity contribution in [2.45, 2.75) is 37.4 Å². The standard InChI is InChI=1S/C14H21NS/c1-11(9-15)16-10-13-7-4-6-12-5-2-3-8-14(12)13/h2-3,5,8,11,13H,4,6-7,9-10,15H2,1H3. The van der Waals surface area contributed by atoms with Crippen LogP contribution in [-0.4, -0.2) is 17.5 Å². The summed E-state index contributed by atoms with van der Waals surface area (Å²) >= 11 is 2.02. The van der Waals surface area contributed by atoms with Gasteiger partial charge in [-0.3, -0.25) is 0 Å². The first-order valence-corrected chi connectivity index (χ1v) is 7.25. The van der Waals surface area contributed by atoms with E-state index < -0.39 is 0 Å². The highest BCUT2D eigenvalue weighted by Gasteiger charge is 2.20. The van der Waals surface area contributed by atoms with Gasteiger partial charge in [0.15, 0.2) is 0 Å². The average Bonchev–Trinajstić information content (AvgIpc) is 2.35. The van der Waals surface area contributed by atoms with Crippen molar-refractivity contribution in [1.82, 2.24) is 0 Å². The van der Waals surface area contributed by atoms with Gasteiger partial charge in [0.1, 0.15) is 0 Å². The van der Waals surface area contributed by atoms with E-state index >= 15 is 0 Å². The maximum atomic E-state index is 5.66. The first-order valence-electron chi connectivity index (χ1n) is 6.20. The fraction of sp³-hybridized carbons (Fsp3) is 0.571. The molecule has 0 amide bonds. The number of fused-ring (bicyclic) bond motifs is 1. The minimum Gasteiger partial charge on any atom is -0.329 e. The molecule has 2 N–H and O–H groups in total. The Kier molecular flexibility index (Phi) is 4.30. The van der Waals surface area contributed by atoms with Crippen LogP contribution in [0.1, 0.15) is 36.8 Å². The summed E-state index contributed by atoms with van der Waals surface area (Å²) in [6, 6.07) is 8.94. The van der Waals surface area contributed by atoms with E-state index in [4.69, 9.17) is 5.73 Å². The quantitative estimate of drug-likeness (QED) is 0.867. The lowest BCUT2D eigenvalue weighted by atomic mass is 9.84. The SMILES string of the molecule is CC(CN)SCC1CCCc2ccccc21. The second-order valence-electron chi connectivity index (χ2n) is 4.67. The zero-order valence-electron chi connectivity index (χ0n) is 9.99. The Balaban J connectivity index is 2.01. The van der Waals surface area contributed by atoms with Gasteiger partial charge < -0.3 is 5.73 Å². The van der Waals surface area contributed by atoms with Crippen molar-refractivity contribution < 1.29 is 0 Å². The van der Waals surface area contributed by atoms with Gasteiger partial charge in [0.05, 0.1) is 0 Å². The van der Waals surface area contributed by atoms with E-state index in [2.05, 4.69) is 31.2 Å². The monoisotopic (exact) mass is 235 g/mol. The van der Waals surface area contributed by atoms with Crippen molar-refractivity contribution in [3.63, 3.8) is 0 Å². The molecule has 1 nitrogen and oxygen atoms in total. The van der Waals surface area contributed by atoms with Crippen LogP contribution in [0, 0.1) is 0 Å². The maximum absolute atomic E-state index is 5.66. The Morgan fingerprint density at radius 2 is 2.25 bits per heavy atom. The maximum Gasteiger partial charge on any atom is 0.0142 e. The summed E-state index contributed by atoms with van der Waals surface area (Å²) in [6.07, 6.45) is 3.96. The molecule has 0 heterocycles. The third-order valence-electron chi connectivity index (χ3n) is 3.41. The number of benzene rings is 1. The Morgan fingerprint density at radius 1 is 1.44 bits per heavy atom. The van der Waals surface area contributed by atoms with E-state index in [-0.39, 0.29) is 0 Å². The molecule has 1 aliphatic rings. The second kappa shape index (κ2) is 5.74. The lowest BCUT2D eigenvalue weighted by Crippen LogP contribution is -2.17. The second-order valence-corrected chi connectivity index (χ2v) is 6.14. The van der Waals surface area contributed by atoms with Gasteiger partial charge in [-0.2, -0.15) is 11.8 Å². The smallest absolute Gasteiger partial charge is 0.0142 e. The number of hydrogen-bond donors (Lipinski definition) is 1. The predicted octanol–water partition coefficient (Wildman–Crippen LogP) is 3.19. The molecular weight excluding hydrogens is 214 g/mol. The molecule has 0 bridgehead atoms. The summed E-state index contributed by atoms with van der Waals surface area (Å²) in [4.78, 5) is 0. The van der Waals surface area contributed by atoms with Crippen molar-refractivity contribution in [3.05, 3.63) is 35.4 Å². The van der Waals surface area contributed by atoms with Crippen LogP contribution in [0.4, 0.5) is 0 Å². The van der Waals surface area contributed by atoms with Crippen LogP contribution >= 0.6 is 11.8 Å². The minimum atomic E-state index is 0.592. The largest absolute Gasteiger partial charge is 0.329 e. The number of rotatable bonds is 4. The molecule has 2 atom stereocenters. The number of aryl methyl sites for hydroxylation is 1. The Labute approximate surface area is 103 Å². The van der Waals surface area contributed by atoms with Crippen molar-refractivity contribution in [1.29, 1.82) is 0 Å². The molecule has 1 aromatic rings. The zero-order valence-corrected chi connectivity index (χ0v) is 10.8. The molecule has 16 heavy (non-hydrogen) atoms. The summed E-state index contributed by atoms with van der Waals surface area (Å²) < 4.78 is 0. The van der Waals surface area contributed by atoms with Gasteiger partial charge in [0.25, 0.3) is 0 Å². The van der Waals surface area contributed by atoms with Gasteiger partial charge in [-0.05, 0) is 36.3 Å². The van der Waals surface area contributed by atoms with E-state index in [0.29, 0.717) is 5.25 Å². The molecule has 88 valence electrons. The van der Waals surface area contributed by atoms with Crippen LogP contribution < -0.4 is 5.73 Å². The zero-order chi connectivity index (χ0) is 11.4. The molecule has 0 spiro atoms. The van der Waals surface area contributed by atoms with Gasteiger partial charge in [0.2, 0.25) is 0 Å². The van der Waals surface area contributed by atoms with Crippen LogP contribution in [0.25, 0.3) is 0 Å². The lowest BCUT2D eigenvalue weighted by Gasteiger charge is -2.26. The normalized spacial score (nSPS) is 21.5. The summed E-state index contributed by atoms with van der Waals surface area (Å²) in [6.45, 7) is 3.01. The molecule has 0 saturated carbocycles. The number of hydrogen-bond acceptors (Lipinski definition) is 2. The van der Waals surface area contributed by atoms with E-state index in [1.807, 2.05) is 11.8 Å². The lowest BCUT2D eigenvalue weighted by molar-refractivity contribution is 0.596. The van der Waals surface area contributed by atoms with Gasteiger partial charge in [-0.25, -0.2) is 0 Å². The van der Waals surface area contributed by atoms with Crippen molar-refractivity contribution >= 4 is 11.8 Å². The highest BCUT2D eigenvalue weighted by Crippen LogP contribution is 2.34. The molecule has 1 aromatic carbocycles. The molecule has 0 radical (unpaired) electrons. The van der Waals surface area contributed by atoms with E-state index in [9.17, 15) is 0 Å². The molecule has 2 unspecified atom stereocenters. The average molecular weight is 235 g/mol. The molecule has 1 aliphatic carbocycles. The van der Waals surface area contributed by atoms with E-state index in [1.54, 1.807) is 11.1 Å². The van der Waals surface area contributed by atoms with Crippen LogP contribution in [0.2, 0.25) is 0 Å².